The van der Waals surface area contributed by atoms with Gasteiger partial charge < -0.3 is 14.8 Å². The fourth-order valence-corrected chi connectivity index (χ4v) is 2.71. The van der Waals surface area contributed by atoms with Crippen LogP contribution in [0.25, 0.3) is 0 Å². The minimum atomic E-state index is 0.0428. The highest BCUT2D eigenvalue weighted by Gasteiger charge is 2.03. The molecule has 0 bridgehead atoms. The molecule has 0 saturated heterocycles. The number of ether oxygens (including phenoxy) is 1. The van der Waals surface area contributed by atoms with Gasteiger partial charge in [0.25, 0.3) is 0 Å². The summed E-state index contributed by atoms with van der Waals surface area (Å²) in [5.41, 5.74) is 2.21. The number of aldehydes is 1. The van der Waals surface area contributed by atoms with Crippen molar-refractivity contribution in [1.29, 1.82) is 0 Å². The number of halogens is 1. The molecule has 0 radical (unpaired) electrons. The molecule has 0 heterocycles. The SMILES string of the molecule is O=CCCCOc1ccc(CCC(=O)NCCc2cccc(Cl)c2)cc1. The molecule has 5 heteroatoms. The lowest BCUT2D eigenvalue weighted by Crippen LogP contribution is -2.25. The third kappa shape index (κ3) is 7.70. The van der Waals surface area contributed by atoms with Gasteiger partial charge in [-0.3, -0.25) is 4.79 Å². The Bertz CT molecular complexity index is 701. The van der Waals surface area contributed by atoms with E-state index < -0.39 is 0 Å². The molecule has 0 aliphatic carbocycles. The second-order valence-electron chi connectivity index (χ2n) is 6.03. The first kappa shape index (κ1) is 20.0. The van der Waals surface area contributed by atoms with E-state index >= 15 is 0 Å². The van der Waals surface area contributed by atoms with Crippen LogP contribution in [-0.2, 0) is 22.4 Å². The maximum Gasteiger partial charge on any atom is 0.220 e. The topological polar surface area (TPSA) is 55.4 Å². The molecule has 0 fully saturated rings. The Labute approximate surface area is 159 Å². The van der Waals surface area contributed by atoms with Gasteiger partial charge in [-0.1, -0.05) is 35.9 Å². The molecular formula is C21H24ClNO3. The van der Waals surface area contributed by atoms with Crippen molar-refractivity contribution >= 4 is 23.8 Å². The molecule has 0 saturated carbocycles. The van der Waals surface area contributed by atoms with Crippen molar-refractivity contribution < 1.29 is 14.3 Å². The third-order valence-corrected chi connectivity index (χ3v) is 4.16. The number of unbranched alkanes of at least 4 members (excludes halogenated alkanes) is 1. The largest absolute Gasteiger partial charge is 0.494 e. The maximum absolute atomic E-state index is 12.0. The molecule has 2 aromatic carbocycles. The number of nitrogens with one attached hydrogen (secondary N) is 1. The van der Waals surface area contributed by atoms with E-state index in [2.05, 4.69) is 5.32 Å². The number of rotatable bonds is 11. The zero-order valence-corrected chi connectivity index (χ0v) is 15.5. The Morgan fingerprint density at radius 3 is 2.62 bits per heavy atom. The molecule has 0 aromatic heterocycles. The summed E-state index contributed by atoms with van der Waals surface area (Å²) < 4.78 is 5.54. The first-order valence-electron chi connectivity index (χ1n) is 8.84. The van der Waals surface area contributed by atoms with E-state index in [1.165, 1.54) is 0 Å². The number of carbonyl (C=O) groups is 2. The van der Waals surface area contributed by atoms with E-state index in [-0.39, 0.29) is 5.91 Å². The number of amides is 1. The first-order chi connectivity index (χ1) is 12.7. The standard InChI is InChI=1S/C21H24ClNO3/c22-19-5-3-4-18(16-19)12-13-23-21(25)11-8-17-6-9-20(10-7-17)26-15-2-1-14-24/h3-7,9-10,14,16H,1-2,8,11-13,15H2,(H,23,25). The Hall–Kier alpha value is -2.33. The molecule has 0 spiro atoms. The van der Waals surface area contributed by atoms with Crippen LogP contribution in [0.4, 0.5) is 0 Å². The van der Waals surface area contributed by atoms with Crippen molar-refractivity contribution in [2.75, 3.05) is 13.2 Å². The lowest BCUT2D eigenvalue weighted by Gasteiger charge is -2.07. The quantitative estimate of drug-likeness (QED) is 0.478. The fraction of sp³-hybridized carbons (Fsp3) is 0.333. The summed E-state index contributed by atoms with van der Waals surface area (Å²) in [6.45, 7) is 1.14. The predicted octanol–water partition coefficient (Wildman–Crippen LogP) is 3.99. The number of hydrogen-bond donors (Lipinski definition) is 1. The van der Waals surface area contributed by atoms with E-state index in [1.807, 2.05) is 48.5 Å². The van der Waals surface area contributed by atoms with Gasteiger partial charge in [0.05, 0.1) is 6.61 Å². The van der Waals surface area contributed by atoms with E-state index in [0.717, 1.165) is 36.0 Å². The van der Waals surface area contributed by atoms with Gasteiger partial charge in [0.15, 0.2) is 0 Å². The number of carbonyl (C=O) groups excluding carboxylic acids is 2. The van der Waals surface area contributed by atoms with E-state index in [4.69, 9.17) is 16.3 Å². The highest BCUT2D eigenvalue weighted by Crippen LogP contribution is 2.14. The number of aryl methyl sites for hydroxylation is 1. The summed E-state index contributed by atoms with van der Waals surface area (Å²) in [6.07, 6.45) is 4.05. The first-order valence-corrected chi connectivity index (χ1v) is 9.21. The molecule has 0 aliphatic rings. The molecule has 2 rings (SSSR count). The monoisotopic (exact) mass is 373 g/mol. The van der Waals surface area contributed by atoms with Crippen LogP contribution in [-0.4, -0.2) is 25.3 Å². The van der Waals surface area contributed by atoms with Crippen LogP contribution < -0.4 is 10.1 Å². The normalized spacial score (nSPS) is 10.3. The van der Waals surface area contributed by atoms with Crippen LogP contribution in [0.3, 0.4) is 0 Å². The summed E-state index contributed by atoms with van der Waals surface area (Å²) in [6, 6.07) is 15.4. The van der Waals surface area contributed by atoms with E-state index in [1.54, 1.807) is 0 Å². The number of benzene rings is 2. The molecule has 0 atom stereocenters. The molecule has 0 unspecified atom stereocenters. The molecule has 1 N–H and O–H groups in total. The molecule has 138 valence electrons. The average Bonchev–Trinajstić information content (AvgIpc) is 2.65. The minimum Gasteiger partial charge on any atom is -0.494 e. The summed E-state index contributed by atoms with van der Waals surface area (Å²) in [5.74, 6) is 0.826. The van der Waals surface area contributed by atoms with Crippen molar-refractivity contribution in [2.45, 2.75) is 32.1 Å². The summed E-state index contributed by atoms with van der Waals surface area (Å²) in [5, 5.41) is 3.65. The van der Waals surface area contributed by atoms with E-state index in [9.17, 15) is 9.59 Å². The molecule has 0 aliphatic heterocycles. The Morgan fingerprint density at radius 1 is 1.08 bits per heavy atom. The molecule has 4 nitrogen and oxygen atoms in total. The smallest absolute Gasteiger partial charge is 0.220 e. The van der Waals surface area contributed by atoms with Gasteiger partial charge in [-0.2, -0.15) is 0 Å². The van der Waals surface area contributed by atoms with Crippen LogP contribution >= 0.6 is 11.6 Å². The molecular weight excluding hydrogens is 350 g/mol. The van der Waals surface area contributed by atoms with Crippen LogP contribution in [0.1, 0.15) is 30.4 Å². The van der Waals surface area contributed by atoms with Gasteiger partial charge in [-0.15, -0.1) is 0 Å². The fourth-order valence-electron chi connectivity index (χ4n) is 2.49. The van der Waals surface area contributed by atoms with Gasteiger partial charge >= 0.3 is 0 Å². The van der Waals surface area contributed by atoms with Gasteiger partial charge in [-0.05, 0) is 54.7 Å². The second kappa shape index (κ2) is 11.3. The summed E-state index contributed by atoms with van der Waals surface area (Å²) >= 11 is 5.95. The zero-order valence-electron chi connectivity index (χ0n) is 14.7. The minimum absolute atomic E-state index is 0.0428. The van der Waals surface area contributed by atoms with Crippen LogP contribution in [0.5, 0.6) is 5.75 Å². The van der Waals surface area contributed by atoms with Crippen LogP contribution in [0, 0.1) is 0 Å². The summed E-state index contributed by atoms with van der Waals surface area (Å²) in [7, 11) is 0. The van der Waals surface area contributed by atoms with Crippen molar-refractivity contribution in [2.24, 2.45) is 0 Å². The lowest BCUT2D eigenvalue weighted by molar-refractivity contribution is -0.121. The third-order valence-electron chi connectivity index (χ3n) is 3.92. The second-order valence-corrected chi connectivity index (χ2v) is 6.47. The highest BCUT2D eigenvalue weighted by atomic mass is 35.5. The van der Waals surface area contributed by atoms with Crippen LogP contribution in [0.15, 0.2) is 48.5 Å². The lowest BCUT2D eigenvalue weighted by atomic mass is 10.1. The predicted molar refractivity (Wildman–Crippen MR) is 104 cm³/mol. The van der Waals surface area contributed by atoms with Crippen molar-refractivity contribution in [1.82, 2.24) is 5.32 Å². The Kier molecular flexibility index (Phi) is 8.70. The Balaban J connectivity index is 1.64. The van der Waals surface area contributed by atoms with Gasteiger partial charge in [0.1, 0.15) is 12.0 Å². The van der Waals surface area contributed by atoms with Crippen molar-refractivity contribution in [3.63, 3.8) is 0 Å². The van der Waals surface area contributed by atoms with E-state index in [0.29, 0.717) is 37.4 Å². The van der Waals surface area contributed by atoms with Gasteiger partial charge in [0.2, 0.25) is 5.91 Å². The van der Waals surface area contributed by atoms with Gasteiger partial charge in [-0.25, -0.2) is 0 Å². The maximum atomic E-state index is 12.0. The molecule has 1 amide bonds. The molecule has 26 heavy (non-hydrogen) atoms. The van der Waals surface area contributed by atoms with Crippen molar-refractivity contribution in [3.05, 3.63) is 64.7 Å². The van der Waals surface area contributed by atoms with Crippen LogP contribution in [0.2, 0.25) is 5.02 Å². The van der Waals surface area contributed by atoms with Crippen molar-refractivity contribution in [3.8, 4) is 5.75 Å². The average molecular weight is 374 g/mol. The molecule has 2 aromatic rings. The number of hydrogen-bond acceptors (Lipinski definition) is 3. The summed E-state index contributed by atoms with van der Waals surface area (Å²) in [4.78, 5) is 22.2. The van der Waals surface area contributed by atoms with Gasteiger partial charge in [0, 0.05) is 24.4 Å². The highest BCUT2D eigenvalue weighted by molar-refractivity contribution is 6.30. The Morgan fingerprint density at radius 2 is 1.88 bits per heavy atom. The zero-order chi connectivity index (χ0) is 18.6.